The van der Waals surface area contributed by atoms with Crippen LogP contribution < -0.4 is 5.32 Å². The molecule has 0 aromatic rings. The Hall–Kier alpha value is -0.320. The highest BCUT2D eigenvalue weighted by molar-refractivity contribution is 5.01. The lowest BCUT2D eigenvalue weighted by molar-refractivity contribution is -0.277. The number of β-amino-alcohol motifs (C(OH)–C–C–N with tert-alkyl or cyclic N) is 1. The minimum Gasteiger partial charge on any atom is -0.394 e. The van der Waals surface area contributed by atoms with Crippen LogP contribution in [0.4, 0.5) is 0 Å². The van der Waals surface area contributed by atoms with Gasteiger partial charge in [0.15, 0.2) is 6.29 Å². The van der Waals surface area contributed by atoms with E-state index in [0.717, 1.165) is 0 Å². The van der Waals surface area contributed by atoms with Crippen molar-refractivity contribution < 1.29 is 35.4 Å². The second-order valence-corrected chi connectivity index (χ2v) is 4.80. The van der Waals surface area contributed by atoms with E-state index in [1.165, 1.54) is 0 Å². The molecular weight excluding hydrogens is 246 g/mol. The number of rotatable bonds is 2. The third kappa shape index (κ3) is 2.26. The first-order valence-electron chi connectivity index (χ1n) is 5.87. The lowest BCUT2D eigenvalue weighted by atomic mass is 9.83. The Morgan fingerprint density at radius 3 is 2.17 bits per heavy atom. The molecule has 0 bridgehead atoms. The zero-order valence-corrected chi connectivity index (χ0v) is 9.62. The van der Waals surface area contributed by atoms with Crippen molar-refractivity contribution in [1.29, 1.82) is 0 Å². The number of aliphatic hydroxyl groups excluding tert-OH is 6. The second kappa shape index (κ2) is 5.35. The molecule has 2 rings (SSSR count). The van der Waals surface area contributed by atoms with Crippen LogP contribution in [-0.4, -0.2) is 86.6 Å². The van der Waals surface area contributed by atoms with Gasteiger partial charge in [0.1, 0.15) is 12.2 Å². The molecule has 8 atom stereocenters. The molecule has 2 fully saturated rings. The van der Waals surface area contributed by atoms with Crippen molar-refractivity contribution >= 4 is 0 Å². The van der Waals surface area contributed by atoms with Crippen molar-refractivity contribution in [2.45, 2.75) is 42.9 Å². The van der Waals surface area contributed by atoms with Crippen molar-refractivity contribution in [2.24, 2.45) is 5.92 Å². The van der Waals surface area contributed by atoms with Gasteiger partial charge in [0.2, 0.25) is 0 Å². The summed E-state index contributed by atoms with van der Waals surface area (Å²) in [4.78, 5) is 0. The maximum Gasteiger partial charge on any atom is 0.162 e. The quantitative estimate of drug-likeness (QED) is 0.266. The number of hydrogen-bond donors (Lipinski definition) is 7. The normalized spacial score (nSPS) is 53.7. The van der Waals surface area contributed by atoms with E-state index in [1.807, 2.05) is 0 Å². The molecule has 0 amide bonds. The highest BCUT2D eigenvalue weighted by Crippen LogP contribution is 2.31. The SMILES string of the molecule is OC[C@H]1O[C@@H](O)[C@H]([C@H]2NC[C@@H](O)[C@@H]2O)[C@@H](O)[C@@H]1O. The van der Waals surface area contributed by atoms with E-state index >= 15 is 0 Å². The van der Waals surface area contributed by atoms with Crippen LogP contribution in [-0.2, 0) is 4.74 Å². The van der Waals surface area contributed by atoms with Crippen molar-refractivity contribution in [1.82, 2.24) is 5.32 Å². The van der Waals surface area contributed by atoms with E-state index < -0.39 is 55.4 Å². The molecule has 0 aromatic heterocycles. The predicted octanol–water partition coefficient (Wildman–Crippen LogP) is -4.27. The molecule has 0 saturated carbocycles. The van der Waals surface area contributed by atoms with E-state index in [9.17, 15) is 25.5 Å². The fourth-order valence-electron chi connectivity index (χ4n) is 2.61. The van der Waals surface area contributed by atoms with Crippen LogP contribution in [0.3, 0.4) is 0 Å². The Morgan fingerprint density at radius 2 is 1.67 bits per heavy atom. The van der Waals surface area contributed by atoms with Crippen LogP contribution >= 0.6 is 0 Å². The first kappa shape index (κ1) is 14.1. The summed E-state index contributed by atoms with van der Waals surface area (Å²) in [5.41, 5.74) is 0. The van der Waals surface area contributed by atoms with Gasteiger partial charge in [-0.3, -0.25) is 0 Å². The van der Waals surface area contributed by atoms with Crippen LogP contribution in [0.25, 0.3) is 0 Å². The Kier molecular flexibility index (Phi) is 4.19. The summed E-state index contributed by atoms with van der Waals surface area (Å²) in [7, 11) is 0. The first-order chi connectivity index (χ1) is 8.47. The Bertz CT molecular complexity index is 291. The standard InChI is InChI=1S/C10H19NO7/c12-2-4-8(15)9(16)5(10(17)18-4)6-7(14)3(13)1-11-6/h3-17H,1-2H2/t3-,4-,5-,6-,7+,8-,9-,10-/m1/s1. The van der Waals surface area contributed by atoms with Gasteiger partial charge in [0, 0.05) is 12.6 Å². The molecule has 0 spiro atoms. The van der Waals surface area contributed by atoms with Crippen molar-refractivity contribution in [3.8, 4) is 0 Å². The zero-order valence-electron chi connectivity index (χ0n) is 9.62. The van der Waals surface area contributed by atoms with Crippen LogP contribution in [0, 0.1) is 5.92 Å². The van der Waals surface area contributed by atoms with E-state index in [2.05, 4.69) is 5.32 Å². The smallest absolute Gasteiger partial charge is 0.162 e. The zero-order chi connectivity index (χ0) is 13.4. The number of hydrogen-bond acceptors (Lipinski definition) is 8. The molecule has 7 N–H and O–H groups in total. The summed E-state index contributed by atoms with van der Waals surface area (Å²) in [6.45, 7) is -0.410. The number of nitrogens with one attached hydrogen (secondary N) is 1. The molecule has 0 aromatic carbocycles. The maximum absolute atomic E-state index is 9.94. The van der Waals surface area contributed by atoms with Gasteiger partial charge in [-0.2, -0.15) is 0 Å². The van der Waals surface area contributed by atoms with Gasteiger partial charge in [-0.15, -0.1) is 0 Å². The van der Waals surface area contributed by atoms with Gasteiger partial charge >= 0.3 is 0 Å². The first-order valence-corrected chi connectivity index (χ1v) is 5.87. The molecule has 2 aliphatic heterocycles. The summed E-state index contributed by atoms with van der Waals surface area (Å²) in [6.07, 6.45) is -7.42. The lowest BCUT2D eigenvalue weighted by Crippen LogP contribution is -2.62. The minimum absolute atomic E-state index is 0.126. The Labute approximate surface area is 103 Å². The molecule has 8 heteroatoms. The van der Waals surface area contributed by atoms with Crippen LogP contribution in [0.2, 0.25) is 0 Å². The van der Waals surface area contributed by atoms with E-state index in [0.29, 0.717) is 0 Å². The van der Waals surface area contributed by atoms with Gasteiger partial charge in [-0.1, -0.05) is 0 Å². The summed E-state index contributed by atoms with van der Waals surface area (Å²) >= 11 is 0. The average molecular weight is 265 g/mol. The summed E-state index contributed by atoms with van der Waals surface area (Å²) in [5.74, 6) is -0.991. The highest BCUT2D eigenvalue weighted by Gasteiger charge is 2.51. The minimum atomic E-state index is -1.45. The van der Waals surface area contributed by atoms with Gasteiger partial charge < -0.3 is 40.7 Å². The second-order valence-electron chi connectivity index (χ2n) is 4.80. The molecule has 8 nitrogen and oxygen atoms in total. The summed E-state index contributed by atoms with van der Waals surface area (Å²) in [5, 5.41) is 60.3. The fraction of sp³-hybridized carbons (Fsp3) is 1.00. The number of ether oxygens (including phenoxy) is 1. The predicted molar refractivity (Wildman–Crippen MR) is 57.3 cm³/mol. The molecule has 106 valence electrons. The third-order valence-electron chi connectivity index (χ3n) is 3.69. The largest absolute Gasteiger partial charge is 0.394 e. The van der Waals surface area contributed by atoms with E-state index in [-0.39, 0.29) is 6.54 Å². The van der Waals surface area contributed by atoms with Gasteiger partial charge in [0.05, 0.1) is 30.8 Å². The van der Waals surface area contributed by atoms with Crippen molar-refractivity contribution in [3.05, 3.63) is 0 Å². The fourth-order valence-corrected chi connectivity index (χ4v) is 2.61. The molecule has 0 aliphatic carbocycles. The number of aliphatic hydroxyl groups is 6. The van der Waals surface area contributed by atoms with Gasteiger partial charge in [-0.05, 0) is 0 Å². The summed E-state index contributed by atoms with van der Waals surface area (Å²) < 4.78 is 4.99. The van der Waals surface area contributed by atoms with Crippen molar-refractivity contribution in [2.75, 3.05) is 13.2 Å². The Morgan fingerprint density at radius 1 is 1.00 bits per heavy atom. The molecule has 0 radical (unpaired) electrons. The van der Waals surface area contributed by atoms with E-state index in [4.69, 9.17) is 9.84 Å². The monoisotopic (exact) mass is 265 g/mol. The molecule has 0 unspecified atom stereocenters. The van der Waals surface area contributed by atoms with Gasteiger partial charge in [-0.25, -0.2) is 0 Å². The van der Waals surface area contributed by atoms with Crippen LogP contribution in [0.15, 0.2) is 0 Å². The highest BCUT2D eigenvalue weighted by atomic mass is 16.6. The van der Waals surface area contributed by atoms with Crippen LogP contribution in [0.5, 0.6) is 0 Å². The van der Waals surface area contributed by atoms with Gasteiger partial charge in [0.25, 0.3) is 0 Å². The lowest BCUT2D eigenvalue weighted by Gasteiger charge is -2.43. The van der Waals surface area contributed by atoms with E-state index in [1.54, 1.807) is 0 Å². The Balaban J connectivity index is 2.13. The average Bonchev–Trinajstić information content (AvgIpc) is 2.66. The van der Waals surface area contributed by atoms with Crippen molar-refractivity contribution in [3.63, 3.8) is 0 Å². The molecule has 18 heavy (non-hydrogen) atoms. The molecular formula is C10H19NO7. The topological polar surface area (TPSA) is 143 Å². The van der Waals surface area contributed by atoms with Crippen LogP contribution in [0.1, 0.15) is 0 Å². The maximum atomic E-state index is 9.94. The third-order valence-corrected chi connectivity index (χ3v) is 3.69. The summed E-state index contributed by atoms with van der Waals surface area (Å²) in [6, 6.07) is -0.792. The molecule has 2 aliphatic rings. The molecule has 2 saturated heterocycles. The molecule has 2 heterocycles.